The average molecular weight is 467 g/mol. The minimum Gasteiger partial charge on any atom is -0.321 e. The smallest absolute Gasteiger partial charge is 0.266 e. The largest absolute Gasteiger partial charge is 0.321 e. The highest BCUT2D eigenvalue weighted by molar-refractivity contribution is 7.80. The molecule has 32 heavy (non-hydrogen) atoms. The molecule has 0 aromatic heterocycles. The van der Waals surface area contributed by atoms with Crippen molar-refractivity contribution in [2.45, 2.75) is 20.8 Å². The zero-order valence-corrected chi connectivity index (χ0v) is 19.1. The first kappa shape index (κ1) is 23.1. The summed E-state index contributed by atoms with van der Waals surface area (Å²) >= 11 is 11.3. The van der Waals surface area contributed by atoms with E-state index in [4.69, 9.17) is 23.8 Å². The summed E-state index contributed by atoms with van der Waals surface area (Å²) in [7, 11) is 0. The van der Waals surface area contributed by atoms with Crippen molar-refractivity contribution in [2.24, 2.45) is 5.92 Å². The average Bonchev–Trinajstić information content (AvgIpc) is 2.73. The standard InChI is InChI=1S/C23H19ClN4O3S/c1-12-7-8-16(9-13(12)2)28-22(31)17(21(30)27-23(28)32)10-15(11-25)20(29)26-19-6-4-5-18(24)14(19)3/h4-10,17H,1-3H3,(H,26,29)(H,27,30,32)/b15-10+/t17-/m1/s1. The monoisotopic (exact) mass is 466 g/mol. The van der Waals surface area contributed by atoms with E-state index in [1.807, 2.05) is 19.9 Å². The predicted octanol–water partition coefficient (Wildman–Crippen LogP) is 3.72. The zero-order chi connectivity index (χ0) is 23.6. The molecule has 1 fully saturated rings. The Bertz CT molecular complexity index is 1230. The second-order valence-electron chi connectivity index (χ2n) is 7.27. The number of nitriles is 1. The summed E-state index contributed by atoms with van der Waals surface area (Å²) in [6.07, 6.45) is 1.04. The number of rotatable bonds is 4. The van der Waals surface area contributed by atoms with E-state index >= 15 is 0 Å². The normalized spacial score (nSPS) is 16.5. The first-order chi connectivity index (χ1) is 15.1. The van der Waals surface area contributed by atoms with E-state index in [0.717, 1.165) is 17.2 Å². The van der Waals surface area contributed by atoms with Gasteiger partial charge in [0.1, 0.15) is 17.6 Å². The number of halogens is 1. The number of amides is 3. The van der Waals surface area contributed by atoms with Gasteiger partial charge in [0.15, 0.2) is 5.11 Å². The Balaban J connectivity index is 1.92. The van der Waals surface area contributed by atoms with Gasteiger partial charge < -0.3 is 10.6 Å². The fourth-order valence-corrected chi connectivity index (χ4v) is 3.58. The highest BCUT2D eigenvalue weighted by Crippen LogP contribution is 2.26. The number of carbonyl (C=O) groups is 3. The molecule has 0 unspecified atom stereocenters. The molecule has 2 aromatic carbocycles. The number of benzene rings is 2. The van der Waals surface area contributed by atoms with Gasteiger partial charge in [0.25, 0.3) is 5.91 Å². The summed E-state index contributed by atoms with van der Waals surface area (Å²) in [5.74, 6) is -3.52. The lowest BCUT2D eigenvalue weighted by Crippen LogP contribution is -2.57. The van der Waals surface area contributed by atoms with Crippen molar-refractivity contribution in [3.05, 3.63) is 69.8 Å². The molecule has 3 rings (SSSR count). The van der Waals surface area contributed by atoms with Gasteiger partial charge in [0.05, 0.1) is 5.69 Å². The van der Waals surface area contributed by atoms with Crippen LogP contribution in [0.5, 0.6) is 0 Å². The molecule has 2 N–H and O–H groups in total. The van der Waals surface area contributed by atoms with Gasteiger partial charge in [0.2, 0.25) is 11.8 Å². The van der Waals surface area contributed by atoms with E-state index in [0.29, 0.717) is 22.0 Å². The second-order valence-corrected chi connectivity index (χ2v) is 8.07. The van der Waals surface area contributed by atoms with Crippen molar-refractivity contribution < 1.29 is 14.4 Å². The molecule has 162 valence electrons. The fourth-order valence-electron chi connectivity index (χ4n) is 3.11. The quantitative estimate of drug-likeness (QED) is 0.309. The van der Waals surface area contributed by atoms with Crippen molar-refractivity contribution in [2.75, 3.05) is 10.2 Å². The maximum absolute atomic E-state index is 13.1. The van der Waals surface area contributed by atoms with E-state index in [-0.39, 0.29) is 10.7 Å². The van der Waals surface area contributed by atoms with Crippen LogP contribution in [0.3, 0.4) is 0 Å². The lowest BCUT2D eigenvalue weighted by atomic mass is 10.00. The van der Waals surface area contributed by atoms with Crippen LogP contribution in [-0.4, -0.2) is 22.8 Å². The zero-order valence-electron chi connectivity index (χ0n) is 17.5. The Morgan fingerprint density at radius 1 is 1.22 bits per heavy atom. The molecule has 0 bridgehead atoms. The molecule has 1 aliphatic heterocycles. The summed E-state index contributed by atoms with van der Waals surface area (Å²) in [5, 5.41) is 15.0. The number of nitrogens with one attached hydrogen (secondary N) is 2. The van der Waals surface area contributed by atoms with Gasteiger partial charge >= 0.3 is 0 Å². The van der Waals surface area contributed by atoms with Crippen LogP contribution in [-0.2, 0) is 14.4 Å². The molecule has 1 heterocycles. The topological polar surface area (TPSA) is 102 Å². The van der Waals surface area contributed by atoms with Crippen molar-refractivity contribution in [3.63, 3.8) is 0 Å². The molecular weight excluding hydrogens is 448 g/mol. The third kappa shape index (κ3) is 4.54. The molecule has 0 radical (unpaired) electrons. The molecule has 0 aliphatic carbocycles. The minimum absolute atomic E-state index is 0.0644. The van der Waals surface area contributed by atoms with Gasteiger partial charge in [-0.3, -0.25) is 19.3 Å². The minimum atomic E-state index is -1.40. The molecule has 0 saturated carbocycles. The Hall–Kier alpha value is -3.54. The van der Waals surface area contributed by atoms with Gasteiger partial charge in [-0.1, -0.05) is 23.7 Å². The lowest BCUT2D eigenvalue weighted by Gasteiger charge is -2.31. The van der Waals surface area contributed by atoms with E-state index in [2.05, 4.69) is 10.6 Å². The Morgan fingerprint density at radius 2 is 1.94 bits per heavy atom. The van der Waals surface area contributed by atoms with Crippen molar-refractivity contribution in [1.29, 1.82) is 5.26 Å². The van der Waals surface area contributed by atoms with E-state index in [1.54, 1.807) is 43.3 Å². The third-order valence-corrected chi connectivity index (χ3v) is 5.86. The van der Waals surface area contributed by atoms with Gasteiger partial charge in [-0.15, -0.1) is 0 Å². The van der Waals surface area contributed by atoms with Crippen molar-refractivity contribution in [3.8, 4) is 6.07 Å². The molecule has 1 saturated heterocycles. The maximum Gasteiger partial charge on any atom is 0.266 e. The fraction of sp³-hybridized carbons (Fsp3) is 0.174. The second kappa shape index (κ2) is 9.30. The molecule has 1 atom stereocenters. The van der Waals surface area contributed by atoms with E-state index < -0.39 is 23.6 Å². The van der Waals surface area contributed by atoms with E-state index in [1.165, 1.54) is 4.90 Å². The van der Waals surface area contributed by atoms with E-state index in [9.17, 15) is 19.6 Å². The summed E-state index contributed by atoms with van der Waals surface area (Å²) in [4.78, 5) is 39.5. The number of hydrogen-bond acceptors (Lipinski definition) is 5. The van der Waals surface area contributed by atoms with Crippen molar-refractivity contribution in [1.82, 2.24) is 5.32 Å². The summed E-state index contributed by atoms with van der Waals surface area (Å²) < 4.78 is 0. The van der Waals surface area contributed by atoms with Crippen LogP contribution < -0.4 is 15.5 Å². The van der Waals surface area contributed by atoms with Crippen LogP contribution in [0, 0.1) is 38.0 Å². The molecule has 7 nitrogen and oxygen atoms in total. The van der Waals surface area contributed by atoms with Crippen LogP contribution in [0.25, 0.3) is 0 Å². The third-order valence-electron chi connectivity index (χ3n) is 5.17. The molecular formula is C23H19ClN4O3S. The maximum atomic E-state index is 13.1. The Labute approximate surface area is 195 Å². The Kier molecular flexibility index (Phi) is 6.72. The molecule has 2 aromatic rings. The van der Waals surface area contributed by atoms with Gasteiger partial charge in [0, 0.05) is 10.7 Å². The van der Waals surface area contributed by atoms with Crippen LogP contribution >= 0.6 is 23.8 Å². The van der Waals surface area contributed by atoms with Gasteiger partial charge in [-0.25, -0.2) is 0 Å². The highest BCUT2D eigenvalue weighted by atomic mass is 35.5. The van der Waals surface area contributed by atoms with Gasteiger partial charge in [-0.05, 0) is 80.0 Å². The summed E-state index contributed by atoms with van der Waals surface area (Å²) in [5.41, 5.74) is 3.11. The molecule has 0 spiro atoms. The first-order valence-electron chi connectivity index (χ1n) is 9.58. The summed E-state index contributed by atoms with van der Waals surface area (Å²) in [6.45, 7) is 5.54. The predicted molar refractivity (Wildman–Crippen MR) is 126 cm³/mol. The van der Waals surface area contributed by atoms with Crippen LogP contribution in [0.15, 0.2) is 48.0 Å². The Morgan fingerprint density at radius 3 is 2.59 bits per heavy atom. The number of thiocarbonyl (C=S) groups is 1. The number of anilines is 2. The lowest BCUT2D eigenvalue weighted by molar-refractivity contribution is -0.131. The highest BCUT2D eigenvalue weighted by Gasteiger charge is 2.39. The summed E-state index contributed by atoms with van der Waals surface area (Å²) in [6, 6.07) is 12.0. The van der Waals surface area contributed by atoms with Crippen LogP contribution in [0.2, 0.25) is 5.02 Å². The van der Waals surface area contributed by atoms with Crippen LogP contribution in [0.4, 0.5) is 11.4 Å². The SMILES string of the molecule is Cc1ccc(N2C(=O)[C@H](/C=C(\C#N)C(=O)Nc3cccc(Cl)c3C)C(=O)NC2=S)cc1C. The molecule has 9 heteroatoms. The number of hydrogen-bond donors (Lipinski definition) is 2. The number of aryl methyl sites for hydroxylation is 2. The molecule has 1 aliphatic rings. The molecule has 3 amide bonds. The number of nitrogens with zero attached hydrogens (tertiary/aromatic N) is 2. The van der Waals surface area contributed by atoms with Crippen LogP contribution in [0.1, 0.15) is 16.7 Å². The van der Waals surface area contributed by atoms with Gasteiger partial charge in [-0.2, -0.15) is 5.26 Å². The van der Waals surface area contributed by atoms with Crippen molar-refractivity contribution >= 4 is 58.0 Å². The number of carbonyl (C=O) groups excluding carboxylic acids is 3. The first-order valence-corrected chi connectivity index (χ1v) is 10.4.